The second-order valence-corrected chi connectivity index (χ2v) is 5.86. The standard InChI is InChI=1S/C14H18N4O3/c1-9-5-6-10(18(20)21)7-11(9)13-16-15-12(8-19)17(13)14(2,3)4/h5-7,19H,8H2,1-4H3. The van der Waals surface area contributed by atoms with E-state index in [1.807, 2.05) is 27.7 Å². The summed E-state index contributed by atoms with van der Waals surface area (Å²) in [5.74, 6) is 0.955. The Morgan fingerprint density at radius 1 is 1.33 bits per heavy atom. The highest BCUT2D eigenvalue weighted by Gasteiger charge is 2.25. The molecule has 21 heavy (non-hydrogen) atoms. The van der Waals surface area contributed by atoms with E-state index in [2.05, 4.69) is 10.2 Å². The van der Waals surface area contributed by atoms with E-state index in [0.29, 0.717) is 17.2 Å². The van der Waals surface area contributed by atoms with E-state index in [1.165, 1.54) is 12.1 Å². The van der Waals surface area contributed by atoms with Gasteiger partial charge in [0, 0.05) is 23.2 Å². The summed E-state index contributed by atoms with van der Waals surface area (Å²) in [6.45, 7) is 7.51. The van der Waals surface area contributed by atoms with E-state index < -0.39 is 4.92 Å². The number of aliphatic hydroxyl groups is 1. The van der Waals surface area contributed by atoms with Crippen LogP contribution in [0.2, 0.25) is 0 Å². The molecule has 0 aliphatic rings. The number of rotatable bonds is 3. The van der Waals surface area contributed by atoms with Crippen molar-refractivity contribution >= 4 is 5.69 Å². The third-order valence-electron chi connectivity index (χ3n) is 3.22. The predicted octanol–water partition coefficient (Wildman–Crippen LogP) is 2.41. The van der Waals surface area contributed by atoms with Gasteiger partial charge in [-0.3, -0.25) is 10.1 Å². The number of hydrogen-bond acceptors (Lipinski definition) is 5. The minimum Gasteiger partial charge on any atom is -0.388 e. The van der Waals surface area contributed by atoms with Gasteiger partial charge in [-0.2, -0.15) is 0 Å². The fraction of sp³-hybridized carbons (Fsp3) is 0.429. The van der Waals surface area contributed by atoms with Gasteiger partial charge in [-0.25, -0.2) is 0 Å². The van der Waals surface area contributed by atoms with Crippen molar-refractivity contribution < 1.29 is 10.0 Å². The first kappa shape index (κ1) is 15.1. The Labute approximate surface area is 122 Å². The van der Waals surface area contributed by atoms with Crippen molar-refractivity contribution in [1.29, 1.82) is 0 Å². The second kappa shape index (κ2) is 5.25. The van der Waals surface area contributed by atoms with Gasteiger partial charge in [0.15, 0.2) is 11.6 Å². The maximum absolute atomic E-state index is 11.0. The maximum Gasteiger partial charge on any atom is 0.270 e. The summed E-state index contributed by atoms with van der Waals surface area (Å²) in [6, 6.07) is 4.64. The van der Waals surface area contributed by atoms with E-state index in [0.717, 1.165) is 5.56 Å². The van der Waals surface area contributed by atoms with Crippen LogP contribution in [0.25, 0.3) is 11.4 Å². The van der Waals surface area contributed by atoms with Crippen LogP contribution in [0.4, 0.5) is 5.69 Å². The molecule has 7 nitrogen and oxygen atoms in total. The number of nitro benzene ring substituents is 1. The van der Waals surface area contributed by atoms with Gasteiger partial charge in [0.05, 0.1) is 4.92 Å². The number of hydrogen-bond donors (Lipinski definition) is 1. The van der Waals surface area contributed by atoms with Gasteiger partial charge in [0.25, 0.3) is 5.69 Å². The summed E-state index contributed by atoms with van der Waals surface area (Å²) in [4.78, 5) is 10.5. The highest BCUT2D eigenvalue weighted by atomic mass is 16.6. The van der Waals surface area contributed by atoms with Crippen LogP contribution in [0.1, 0.15) is 32.2 Å². The molecule has 0 radical (unpaired) electrons. The molecule has 0 unspecified atom stereocenters. The second-order valence-electron chi connectivity index (χ2n) is 5.86. The number of aromatic nitrogens is 3. The molecule has 2 aromatic rings. The highest BCUT2D eigenvalue weighted by Crippen LogP contribution is 2.30. The first-order valence-corrected chi connectivity index (χ1v) is 6.56. The van der Waals surface area contributed by atoms with Crippen LogP contribution in [0.15, 0.2) is 18.2 Å². The van der Waals surface area contributed by atoms with Gasteiger partial charge in [0.2, 0.25) is 0 Å². The average molecular weight is 290 g/mol. The first-order chi connectivity index (χ1) is 9.75. The molecular weight excluding hydrogens is 272 g/mol. The molecule has 0 amide bonds. The van der Waals surface area contributed by atoms with E-state index >= 15 is 0 Å². The van der Waals surface area contributed by atoms with Crippen molar-refractivity contribution in [3.05, 3.63) is 39.7 Å². The molecule has 0 spiro atoms. The lowest BCUT2D eigenvalue weighted by Gasteiger charge is -2.25. The third-order valence-corrected chi connectivity index (χ3v) is 3.22. The normalized spacial score (nSPS) is 11.7. The summed E-state index contributed by atoms with van der Waals surface area (Å²) < 4.78 is 1.80. The Morgan fingerprint density at radius 2 is 2.00 bits per heavy atom. The SMILES string of the molecule is Cc1ccc([N+](=O)[O-])cc1-c1nnc(CO)n1C(C)(C)C. The molecule has 112 valence electrons. The third kappa shape index (κ3) is 2.78. The minimum absolute atomic E-state index is 0.00427. The molecule has 2 rings (SSSR count). The number of benzene rings is 1. The molecule has 0 fully saturated rings. The van der Waals surface area contributed by atoms with E-state index in [-0.39, 0.29) is 17.8 Å². The van der Waals surface area contributed by atoms with Crippen molar-refractivity contribution in [3.63, 3.8) is 0 Å². The summed E-state index contributed by atoms with van der Waals surface area (Å²) in [6.07, 6.45) is 0. The lowest BCUT2D eigenvalue weighted by Crippen LogP contribution is -2.25. The molecule has 0 bridgehead atoms. The molecule has 1 heterocycles. The fourth-order valence-corrected chi connectivity index (χ4v) is 2.26. The van der Waals surface area contributed by atoms with Crippen molar-refractivity contribution in [3.8, 4) is 11.4 Å². The van der Waals surface area contributed by atoms with Crippen LogP contribution in [-0.2, 0) is 12.1 Å². The molecule has 0 aliphatic heterocycles. The average Bonchev–Trinajstić information content (AvgIpc) is 2.82. The van der Waals surface area contributed by atoms with Crippen LogP contribution in [0.5, 0.6) is 0 Å². The van der Waals surface area contributed by atoms with Gasteiger partial charge in [0.1, 0.15) is 6.61 Å². The molecule has 0 saturated heterocycles. The molecule has 1 N–H and O–H groups in total. The Balaban J connectivity index is 2.70. The number of nitrogens with zero attached hydrogens (tertiary/aromatic N) is 4. The van der Waals surface area contributed by atoms with Crippen molar-refractivity contribution in [2.24, 2.45) is 0 Å². The molecular formula is C14H18N4O3. The summed E-state index contributed by atoms with van der Waals surface area (Å²) in [5, 5.41) is 28.5. The summed E-state index contributed by atoms with van der Waals surface area (Å²) in [5.41, 5.74) is 1.16. The predicted molar refractivity (Wildman–Crippen MR) is 77.8 cm³/mol. The zero-order valence-electron chi connectivity index (χ0n) is 12.5. The quantitative estimate of drug-likeness (QED) is 0.692. The molecule has 7 heteroatoms. The maximum atomic E-state index is 11.0. The van der Waals surface area contributed by atoms with Crippen molar-refractivity contribution in [2.75, 3.05) is 0 Å². The Bertz CT molecular complexity index is 686. The Hall–Kier alpha value is -2.28. The first-order valence-electron chi connectivity index (χ1n) is 6.56. The number of nitro groups is 1. The van der Waals surface area contributed by atoms with Gasteiger partial charge in [-0.15, -0.1) is 10.2 Å². The monoisotopic (exact) mass is 290 g/mol. The number of aliphatic hydroxyl groups excluding tert-OH is 1. The molecule has 0 aliphatic carbocycles. The Kier molecular flexibility index (Phi) is 3.78. The van der Waals surface area contributed by atoms with E-state index in [4.69, 9.17) is 0 Å². The lowest BCUT2D eigenvalue weighted by atomic mass is 10.0. The molecule has 1 aromatic heterocycles. The van der Waals surface area contributed by atoms with Gasteiger partial charge in [-0.05, 0) is 33.3 Å². The van der Waals surface area contributed by atoms with Crippen molar-refractivity contribution in [2.45, 2.75) is 39.8 Å². The summed E-state index contributed by atoms with van der Waals surface area (Å²) in [7, 11) is 0. The van der Waals surface area contributed by atoms with Gasteiger partial charge >= 0.3 is 0 Å². The van der Waals surface area contributed by atoms with Crippen LogP contribution in [0, 0.1) is 17.0 Å². The van der Waals surface area contributed by atoms with E-state index in [9.17, 15) is 15.2 Å². The fourth-order valence-electron chi connectivity index (χ4n) is 2.26. The highest BCUT2D eigenvalue weighted by molar-refractivity contribution is 5.64. The van der Waals surface area contributed by atoms with Gasteiger partial charge in [-0.1, -0.05) is 6.07 Å². The number of aryl methyl sites for hydroxylation is 1. The largest absolute Gasteiger partial charge is 0.388 e. The molecule has 0 atom stereocenters. The molecule has 0 saturated carbocycles. The van der Waals surface area contributed by atoms with E-state index in [1.54, 1.807) is 10.6 Å². The van der Waals surface area contributed by atoms with Gasteiger partial charge < -0.3 is 9.67 Å². The number of non-ortho nitro benzene ring substituents is 1. The van der Waals surface area contributed by atoms with Crippen LogP contribution >= 0.6 is 0 Å². The van der Waals surface area contributed by atoms with Crippen LogP contribution in [-0.4, -0.2) is 24.8 Å². The summed E-state index contributed by atoms with van der Waals surface area (Å²) >= 11 is 0. The topological polar surface area (TPSA) is 94.1 Å². The van der Waals surface area contributed by atoms with Crippen LogP contribution < -0.4 is 0 Å². The smallest absolute Gasteiger partial charge is 0.270 e. The Morgan fingerprint density at radius 3 is 2.52 bits per heavy atom. The van der Waals surface area contributed by atoms with Crippen LogP contribution in [0.3, 0.4) is 0 Å². The zero-order chi connectivity index (χ0) is 15.8. The zero-order valence-corrected chi connectivity index (χ0v) is 12.5. The lowest BCUT2D eigenvalue weighted by molar-refractivity contribution is -0.384. The van der Waals surface area contributed by atoms with Crippen molar-refractivity contribution in [1.82, 2.24) is 14.8 Å². The molecule has 1 aromatic carbocycles. The minimum atomic E-state index is -0.437.